The maximum absolute atomic E-state index is 11.8. The predicted molar refractivity (Wildman–Crippen MR) is 99.6 cm³/mol. The molecule has 0 spiro atoms. The molecule has 4 heteroatoms. The number of hydrogen-bond acceptors (Lipinski definition) is 4. The maximum atomic E-state index is 11.8. The van der Waals surface area contributed by atoms with Gasteiger partial charge in [-0.25, -0.2) is 0 Å². The zero-order chi connectivity index (χ0) is 18.3. The molecule has 0 saturated heterocycles. The van der Waals surface area contributed by atoms with E-state index in [1.54, 1.807) is 0 Å². The fourth-order valence-electron chi connectivity index (χ4n) is 2.55. The molecule has 0 fully saturated rings. The highest BCUT2D eigenvalue weighted by Gasteiger charge is 2.05. The van der Waals surface area contributed by atoms with Crippen LogP contribution in [0.25, 0.3) is 0 Å². The Morgan fingerprint density at radius 3 is 2.16 bits per heavy atom. The first-order chi connectivity index (χ1) is 12.2. The summed E-state index contributed by atoms with van der Waals surface area (Å²) in [5, 5.41) is 0. The lowest BCUT2D eigenvalue weighted by atomic mass is 10.1. The van der Waals surface area contributed by atoms with Gasteiger partial charge in [-0.3, -0.25) is 9.59 Å². The van der Waals surface area contributed by atoms with E-state index in [-0.39, 0.29) is 11.9 Å². The summed E-state index contributed by atoms with van der Waals surface area (Å²) in [6.07, 6.45) is 8.75. The molecule has 1 rings (SSSR count). The van der Waals surface area contributed by atoms with E-state index in [1.807, 2.05) is 31.2 Å². The second kappa shape index (κ2) is 13.5. The molecular formula is C21H32O4. The third-order valence-corrected chi connectivity index (χ3v) is 4.02. The number of aryl methyl sites for hydroxylation is 1. The van der Waals surface area contributed by atoms with Crippen LogP contribution < -0.4 is 4.74 Å². The Labute approximate surface area is 151 Å². The fraction of sp³-hybridized carbons (Fsp3) is 0.619. The van der Waals surface area contributed by atoms with Crippen LogP contribution in [0.1, 0.15) is 77.2 Å². The molecule has 0 aromatic heterocycles. The summed E-state index contributed by atoms with van der Waals surface area (Å²) in [4.78, 5) is 23.2. The Hall–Kier alpha value is -1.84. The zero-order valence-electron chi connectivity index (χ0n) is 15.7. The van der Waals surface area contributed by atoms with Crippen molar-refractivity contribution < 1.29 is 19.1 Å². The van der Waals surface area contributed by atoms with Crippen molar-refractivity contribution in [3.8, 4) is 5.75 Å². The molecule has 0 saturated carbocycles. The zero-order valence-corrected chi connectivity index (χ0v) is 15.7. The molecule has 0 bridgehead atoms. The first kappa shape index (κ1) is 21.2. The van der Waals surface area contributed by atoms with Crippen molar-refractivity contribution in [2.24, 2.45) is 0 Å². The number of rotatable bonds is 13. The van der Waals surface area contributed by atoms with Gasteiger partial charge in [-0.2, -0.15) is 0 Å². The van der Waals surface area contributed by atoms with Crippen LogP contribution in [-0.2, 0) is 20.7 Å². The number of hydrogen-bond donors (Lipinski definition) is 0. The van der Waals surface area contributed by atoms with Gasteiger partial charge in [0.15, 0.2) is 0 Å². The molecule has 25 heavy (non-hydrogen) atoms. The van der Waals surface area contributed by atoms with Crippen LogP contribution in [0.4, 0.5) is 0 Å². The van der Waals surface area contributed by atoms with Crippen LogP contribution in [0.2, 0.25) is 0 Å². The van der Waals surface area contributed by atoms with Crippen molar-refractivity contribution in [1.82, 2.24) is 0 Å². The molecule has 0 aliphatic carbocycles. The van der Waals surface area contributed by atoms with Gasteiger partial charge in [0, 0.05) is 12.8 Å². The Bertz CT molecular complexity index is 510. The number of benzene rings is 1. The van der Waals surface area contributed by atoms with E-state index in [4.69, 9.17) is 9.47 Å². The normalized spacial score (nSPS) is 10.5. The summed E-state index contributed by atoms with van der Waals surface area (Å²) < 4.78 is 10.4. The van der Waals surface area contributed by atoms with Crippen LogP contribution in [0.15, 0.2) is 24.3 Å². The van der Waals surface area contributed by atoms with Crippen molar-refractivity contribution in [3.05, 3.63) is 29.8 Å². The molecule has 0 atom stereocenters. The fourth-order valence-corrected chi connectivity index (χ4v) is 2.55. The number of esters is 2. The van der Waals surface area contributed by atoms with E-state index in [0.717, 1.165) is 51.4 Å². The third-order valence-electron chi connectivity index (χ3n) is 4.02. The monoisotopic (exact) mass is 348 g/mol. The van der Waals surface area contributed by atoms with Gasteiger partial charge in [0.05, 0.1) is 6.61 Å². The lowest BCUT2D eigenvalue weighted by molar-refractivity contribution is -0.143. The molecule has 0 amide bonds. The van der Waals surface area contributed by atoms with Gasteiger partial charge in [-0.1, -0.05) is 51.7 Å². The average Bonchev–Trinajstić information content (AvgIpc) is 2.62. The summed E-state index contributed by atoms with van der Waals surface area (Å²) in [6, 6.07) is 7.69. The van der Waals surface area contributed by atoms with Crippen molar-refractivity contribution in [3.63, 3.8) is 0 Å². The van der Waals surface area contributed by atoms with E-state index < -0.39 is 0 Å². The lowest BCUT2D eigenvalue weighted by Gasteiger charge is -2.06. The van der Waals surface area contributed by atoms with E-state index >= 15 is 0 Å². The summed E-state index contributed by atoms with van der Waals surface area (Å²) in [5.41, 5.74) is 1.17. The molecule has 0 radical (unpaired) electrons. The molecule has 0 heterocycles. The topological polar surface area (TPSA) is 52.6 Å². The largest absolute Gasteiger partial charge is 0.466 e. The van der Waals surface area contributed by atoms with Crippen LogP contribution in [0, 0.1) is 0 Å². The van der Waals surface area contributed by atoms with Crippen molar-refractivity contribution in [2.75, 3.05) is 6.61 Å². The molecule has 0 N–H and O–H groups in total. The molecular weight excluding hydrogens is 316 g/mol. The van der Waals surface area contributed by atoms with Crippen molar-refractivity contribution >= 4 is 11.9 Å². The second-order valence-corrected chi connectivity index (χ2v) is 6.32. The summed E-state index contributed by atoms with van der Waals surface area (Å²) in [5.74, 6) is 0.392. The molecule has 4 nitrogen and oxygen atoms in total. The number of carbonyl (C=O) groups is 2. The predicted octanol–water partition coefficient (Wildman–Crippen LogP) is 5.23. The Morgan fingerprint density at radius 1 is 0.880 bits per heavy atom. The van der Waals surface area contributed by atoms with Crippen LogP contribution >= 0.6 is 0 Å². The van der Waals surface area contributed by atoms with Gasteiger partial charge in [-0.05, 0) is 43.4 Å². The first-order valence-corrected chi connectivity index (χ1v) is 9.61. The van der Waals surface area contributed by atoms with Crippen LogP contribution in [0.3, 0.4) is 0 Å². The van der Waals surface area contributed by atoms with Gasteiger partial charge in [0.25, 0.3) is 0 Å². The standard InChI is InChI=1S/C21H32O4/c1-3-16-24-20(22)14-9-7-5-6-8-10-15-21(23)25-19-13-11-12-18(4-2)17-19/h11-13,17H,3-10,14-16H2,1-2H3. The van der Waals surface area contributed by atoms with E-state index in [1.165, 1.54) is 5.56 Å². The summed E-state index contributed by atoms with van der Waals surface area (Å²) in [6.45, 7) is 4.60. The molecule has 1 aromatic carbocycles. The average molecular weight is 348 g/mol. The minimum Gasteiger partial charge on any atom is -0.466 e. The van der Waals surface area contributed by atoms with Gasteiger partial charge < -0.3 is 9.47 Å². The van der Waals surface area contributed by atoms with E-state index in [2.05, 4.69) is 6.92 Å². The van der Waals surface area contributed by atoms with Gasteiger partial charge in [0.2, 0.25) is 0 Å². The molecule has 1 aromatic rings. The van der Waals surface area contributed by atoms with Crippen molar-refractivity contribution in [2.45, 2.75) is 78.1 Å². The van der Waals surface area contributed by atoms with Crippen LogP contribution in [0.5, 0.6) is 5.75 Å². The molecule has 0 unspecified atom stereocenters. The molecule has 0 aliphatic rings. The van der Waals surface area contributed by atoms with Gasteiger partial charge in [-0.15, -0.1) is 0 Å². The molecule has 0 aliphatic heterocycles. The Kier molecular flexibility index (Phi) is 11.4. The van der Waals surface area contributed by atoms with E-state index in [0.29, 0.717) is 25.2 Å². The minimum atomic E-state index is -0.160. The SMILES string of the molecule is CCCOC(=O)CCCCCCCCC(=O)Oc1cccc(CC)c1. The smallest absolute Gasteiger partial charge is 0.311 e. The highest BCUT2D eigenvalue weighted by atomic mass is 16.5. The quantitative estimate of drug-likeness (QED) is 0.278. The maximum Gasteiger partial charge on any atom is 0.311 e. The number of ether oxygens (including phenoxy) is 2. The number of carbonyl (C=O) groups excluding carboxylic acids is 2. The minimum absolute atomic E-state index is 0.0864. The third kappa shape index (κ3) is 10.6. The van der Waals surface area contributed by atoms with Gasteiger partial charge in [0.1, 0.15) is 5.75 Å². The molecule has 140 valence electrons. The summed E-state index contributed by atoms with van der Waals surface area (Å²) in [7, 11) is 0. The highest BCUT2D eigenvalue weighted by Crippen LogP contribution is 2.15. The second-order valence-electron chi connectivity index (χ2n) is 6.32. The number of unbranched alkanes of at least 4 members (excludes halogenated alkanes) is 5. The Morgan fingerprint density at radius 2 is 1.52 bits per heavy atom. The Balaban J connectivity index is 2.00. The lowest BCUT2D eigenvalue weighted by Crippen LogP contribution is -2.07. The van der Waals surface area contributed by atoms with Crippen LogP contribution in [-0.4, -0.2) is 18.5 Å². The highest BCUT2D eigenvalue weighted by molar-refractivity contribution is 5.72. The van der Waals surface area contributed by atoms with Gasteiger partial charge >= 0.3 is 11.9 Å². The van der Waals surface area contributed by atoms with Crippen molar-refractivity contribution in [1.29, 1.82) is 0 Å². The summed E-state index contributed by atoms with van der Waals surface area (Å²) >= 11 is 0. The van der Waals surface area contributed by atoms with E-state index in [9.17, 15) is 9.59 Å². The first-order valence-electron chi connectivity index (χ1n) is 9.61.